The molecule has 6 nitrogen and oxygen atoms in total. The number of aryl methyl sites for hydroxylation is 2. The molecule has 1 aliphatic heterocycles. The lowest BCUT2D eigenvalue weighted by Crippen LogP contribution is -2.49. The summed E-state index contributed by atoms with van der Waals surface area (Å²) in [6.07, 6.45) is 1.67. The number of piperazine rings is 1. The molecule has 1 saturated heterocycles. The standard InChI is InChI=1S/C15H28N4O2S/c1-4-5-12-22(20,21)18-9-6-17(7-10-18)8-11-19-15(3)13-14(2)16-19/h13H,4-12H2,1-3H3. The highest BCUT2D eigenvalue weighted by Gasteiger charge is 2.26. The summed E-state index contributed by atoms with van der Waals surface area (Å²) in [7, 11) is -3.05. The average Bonchev–Trinajstić information content (AvgIpc) is 2.81. The van der Waals surface area contributed by atoms with Crippen molar-refractivity contribution in [2.24, 2.45) is 0 Å². The van der Waals surface area contributed by atoms with Crippen molar-refractivity contribution >= 4 is 10.0 Å². The molecule has 2 heterocycles. The van der Waals surface area contributed by atoms with Gasteiger partial charge in [0.25, 0.3) is 0 Å². The Morgan fingerprint density at radius 2 is 1.82 bits per heavy atom. The van der Waals surface area contributed by atoms with E-state index in [0.29, 0.717) is 13.1 Å². The molecule has 0 N–H and O–H groups in total. The number of rotatable bonds is 7. The molecular formula is C15H28N4O2S. The first-order valence-corrected chi connectivity index (χ1v) is 9.74. The molecule has 0 aliphatic carbocycles. The van der Waals surface area contributed by atoms with Crippen LogP contribution in [0.25, 0.3) is 0 Å². The Morgan fingerprint density at radius 3 is 2.36 bits per heavy atom. The van der Waals surface area contributed by atoms with Gasteiger partial charge in [0.1, 0.15) is 0 Å². The Kier molecular flexibility index (Phi) is 6.00. The highest BCUT2D eigenvalue weighted by Crippen LogP contribution is 2.10. The first kappa shape index (κ1) is 17.4. The van der Waals surface area contributed by atoms with E-state index < -0.39 is 10.0 Å². The minimum Gasteiger partial charge on any atom is -0.299 e. The monoisotopic (exact) mass is 328 g/mol. The Balaban J connectivity index is 1.79. The zero-order chi connectivity index (χ0) is 16.2. The van der Waals surface area contributed by atoms with Crippen molar-refractivity contribution in [2.45, 2.75) is 40.2 Å². The average molecular weight is 328 g/mol. The second-order valence-corrected chi connectivity index (χ2v) is 8.15. The van der Waals surface area contributed by atoms with E-state index in [4.69, 9.17) is 0 Å². The molecule has 0 bridgehead atoms. The van der Waals surface area contributed by atoms with Gasteiger partial charge in [-0.3, -0.25) is 9.58 Å². The number of aromatic nitrogens is 2. The number of unbranched alkanes of at least 4 members (excludes halogenated alkanes) is 1. The van der Waals surface area contributed by atoms with Gasteiger partial charge in [-0.05, 0) is 26.3 Å². The summed E-state index contributed by atoms with van der Waals surface area (Å²) in [5.74, 6) is 0.287. The van der Waals surface area contributed by atoms with Crippen molar-refractivity contribution in [2.75, 3.05) is 38.5 Å². The van der Waals surface area contributed by atoms with E-state index in [9.17, 15) is 8.42 Å². The maximum absolute atomic E-state index is 12.2. The normalized spacial score (nSPS) is 18.0. The summed E-state index contributed by atoms with van der Waals surface area (Å²) < 4.78 is 28.0. The van der Waals surface area contributed by atoms with Crippen LogP contribution in [0.15, 0.2) is 6.07 Å². The molecule has 1 aromatic rings. The minimum atomic E-state index is -3.05. The van der Waals surface area contributed by atoms with E-state index in [1.807, 2.05) is 18.5 Å². The number of hydrogen-bond acceptors (Lipinski definition) is 4. The molecule has 0 atom stereocenters. The van der Waals surface area contributed by atoms with Crippen LogP contribution in [0.2, 0.25) is 0 Å². The van der Waals surface area contributed by atoms with Crippen LogP contribution in [0.5, 0.6) is 0 Å². The van der Waals surface area contributed by atoms with E-state index in [1.165, 1.54) is 5.69 Å². The molecule has 0 amide bonds. The Morgan fingerprint density at radius 1 is 1.14 bits per heavy atom. The van der Waals surface area contributed by atoms with E-state index in [2.05, 4.69) is 23.0 Å². The highest BCUT2D eigenvalue weighted by atomic mass is 32.2. The van der Waals surface area contributed by atoms with Crippen LogP contribution in [0.1, 0.15) is 31.2 Å². The third-order valence-electron chi connectivity index (χ3n) is 4.21. The topological polar surface area (TPSA) is 58.4 Å². The first-order chi connectivity index (χ1) is 10.4. The fraction of sp³-hybridized carbons (Fsp3) is 0.800. The van der Waals surface area contributed by atoms with Crippen molar-refractivity contribution in [3.8, 4) is 0 Å². The van der Waals surface area contributed by atoms with Gasteiger partial charge in [0.15, 0.2) is 0 Å². The van der Waals surface area contributed by atoms with Crippen LogP contribution in [0.3, 0.4) is 0 Å². The van der Waals surface area contributed by atoms with E-state index in [-0.39, 0.29) is 5.75 Å². The Labute approximate surface area is 134 Å². The highest BCUT2D eigenvalue weighted by molar-refractivity contribution is 7.89. The van der Waals surface area contributed by atoms with Crippen molar-refractivity contribution in [1.82, 2.24) is 19.0 Å². The number of hydrogen-bond donors (Lipinski definition) is 0. The minimum absolute atomic E-state index is 0.287. The van der Waals surface area contributed by atoms with Crippen LogP contribution in [0, 0.1) is 13.8 Å². The summed E-state index contributed by atoms with van der Waals surface area (Å²) in [6.45, 7) is 10.7. The number of sulfonamides is 1. The van der Waals surface area contributed by atoms with Gasteiger partial charge in [0.05, 0.1) is 18.0 Å². The van der Waals surface area contributed by atoms with Crippen molar-refractivity contribution in [3.63, 3.8) is 0 Å². The smallest absolute Gasteiger partial charge is 0.214 e. The zero-order valence-electron chi connectivity index (χ0n) is 14.0. The van der Waals surface area contributed by atoms with E-state index in [0.717, 1.165) is 44.7 Å². The van der Waals surface area contributed by atoms with Gasteiger partial charge in [0.2, 0.25) is 10.0 Å². The van der Waals surface area contributed by atoms with Gasteiger partial charge in [0, 0.05) is 38.4 Å². The summed E-state index contributed by atoms with van der Waals surface area (Å²) in [6, 6.07) is 2.08. The summed E-state index contributed by atoms with van der Waals surface area (Å²) >= 11 is 0. The molecule has 0 spiro atoms. The van der Waals surface area contributed by atoms with Crippen LogP contribution in [-0.2, 0) is 16.6 Å². The number of nitrogens with zero attached hydrogens (tertiary/aromatic N) is 4. The molecule has 22 heavy (non-hydrogen) atoms. The summed E-state index contributed by atoms with van der Waals surface area (Å²) in [4.78, 5) is 2.32. The van der Waals surface area contributed by atoms with Crippen LogP contribution in [0.4, 0.5) is 0 Å². The van der Waals surface area contributed by atoms with Crippen LogP contribution in [-0.4, -0.2) is 65.9 Å². The molecular weight excluding hydrogens is 300 g/mol. The molecule has 1 aromatic heterocycles. The summed E-state index contributed by atoms with van der Waals surface area (Å²) in [5.41, 5.74) is 2.22. The molecule has 1 fully saturated rings. The first-order valence-electron chi connectivity index (χ1n) is 8.13. The van der Waals surface area contributed by atoms with Crippen molar-refractivity contribution in [1.29, 1.82) is 0 Å². The van der Waals surface area contributed by atoms with Gasteiger partial charge in [-0.1, -0.05) is 13.3 Å². The Bertz CT molecular complexity index is 574. The molecule has 0 saturated carbocycles. The zero-order valence-corrected chi connectivity index (χ0v) is 14.8. The van der Waals surface area contributed by atoms with Gasteiger partial charge < -0.3 is 0 Å². The quantitative estimate of drug-likeness (QED) is 0.756. The molecule has 2 rings (SSSR count). The van der Waals surface area contributed by atoms with E-state index in [1.54, 1.807) is 4.31 Å². The maximum Gasteiger partial charge on any atom is 0.214 e. The second kappa shape index (κ2) is 7.57. The molecule has 1 aliphatic rings. The fourth-order valence-corrected chi connectivity index (χ4v) is 4.46. The molecule has 126 valence electrons. The lowest BCUT2D eigenvalue weighted by molar-refractivity contribution is 0.180. The Hall–Kier alpha value is -0.920. The predicted molar refractivity (Wildman–Crippen MR) is 88.4 cm³/mol. The van der Waals surface area contributed by atoms with Crippen LogP contribution < -0.4 is 0 Å². The molecule has 0 aromatic carbocycles. The molecule has 7 heteroatoms. The predicted octanol–water partition coefficient (Wildman–Crippen LogP) is 1.25. The van der Waals surface area contributed by atoms with Gasteiger partial charge in [-0.25, -0.2) is 8.42 Å². The maximum atomic E-state index is 12.2. The van der Waals surface area contributed by atoms with Crippen molar-refractivity contribution < 1.29 is 8.42 Å². The van der Waals surface area contributed by atoms with E-state index >= 15 is 0 Å². The lowest BCUT2D eigenvalue weighted by atomic mass is 10.3. The third kappa shape index (κ3) is 4.54. The fourth-order valence-electron chi connectivity index (χ4n) is 2.82. The van der Waals surface area contributed by atoms with Gasteiger partial charge in [-0.2, -0.15) is 9.40 Å². The molecule has 0 unspecified atom stereocenters. The van der Waals surface area contributed by atoms with Crippen LogP contribution >= 0.6 is 0 Å². The van der Waals surface area contributed by atoms with Gasteiger partial charge >= 0.3 is 0 Å². The lowest BCUT2D eigenvalue weighted by Gasteiger charge is -2.34. The largest absolute Gasteiger partial charge is 0.299 e. The molecule has 0 radical (unpaired) electrons. The van der Waals surface area contributed by atoms with Gasteiger partial charge in [-0.15, -0.1) is 0 Å². The third-order valence-corrected chi connectivity index (χ3v) is 6.17. The SMILES string of the molecule is CCCCS(=O)(=O)N1CCN(CCn2nc(C)cc2C)CC1. The summed E-state index contributed by atoms with van der Waals surface area (Å²) in [5, 5.41) is 4.47. The van der Waals surface area contributed by atoms with Crippen molar-refractivity contribution in [3.05, 3.63) is 17.5 Å². The second-order valence-electron chi connectivity index (χ2n) is 6.06.